The van der Waals surface area contributed by atoms with E-state index in [1.165, 1.54) is 5.39 Å². The molecule has 1 aromatic carbocycles. The van der Waals surface area contributed by atoms with E-state index in [1.807, 2.05) is 24.4 Å². The van der Waals surface area contributed by atoms with Crippen LogP contribution < -0.4 is 5.32 Å². The molecule has 0 bridgehead atoms. The number of aryl methyl sites for hydroxylation is 1. The monoisotopic (exact) mass is 316 g/mol. The molecule has 1 unspecified atom stereocenters. The summed E-state index contributed by atoms with van der Waals surface area (Å²) in [6.45, 7) is 6.37. The van der Waals surface area contributed by atoms with E-state index in [1.54, 1.807) is 6.92 Å². The molecule has 0 aliphatic heterocycles. The Bertz CT molecular complexity index is 644. The van der Waals surface area contributed by atoms with Crippen LogP contribution in [0.15, 0.2) is 30.5 Å². The van der Waals surface area contributed by atoms with Crippen LogP contribution in [0.2, 0.25) is 0 Å². The van der Waals surface area contributed by atoms with Crippen LogP contribution in [0.5, 0.6) is 0 Å². The number of hydrogen-bond donors (Lipinski definition) is 3. The third kappa shape index (κ3) is 5.71. The largest absolute Gasteiger partial charge is 0.388 e. The maximum Gasteiger partial charge on any atom is 0.220 e. The Morgan fingerprint density at radius 1 is 1.35 bits per heavy atom. The summed E-state index contributed by atoms with van der Waals surface area (Å²) in [4.78, 5) is 15.1. The minimum absolute atomic E-state index is 0.0102. The quantitative estimate of drug-likeness (QED) is 0.699. The number of amides is 1. The first-order chi connectivity index (χ1) is 10.9. The fourth-order valence-electron chi connectivity index (χ4n) is 2.58. The molecule has 0 aliphatic carbocycles. The summed E-state index contributed by atoms with van der Waals surface area (Å²) >= 11 is 0. The van der Waals surface area contributed by atoms with Crippen molar-refractivity contribution in [3.05, 3.63) is 36.0 Å². The van der Waals surface area contributed by atoms with Crippen molar-refractivity contribution in [3.63, 3.8) is 0 Å². The zero-order chi connectivity index (χ0) is 16.9. The molecule has 2 rings (SSSR count). The van der Waals surface area contributed by atoms with Gasteiger partial charge in [-0.25, -0.2) is 0 Å². The lowest BCUT2D eigenvalue weighted by molar-refractivity contribution is -0.122. The molecule has 0 saturated heterocycles. The number of H-pyrrole nitrogens is 1. The summed E-state index contributed by atoms with van der Waals surface area (Å²) in [6.07, 6.45) is 4.73. The number of fused-ring (bicyclic) bond motifs is 1. The highest BCUT2D eigenvalue weighted by Crippen LogP contribution is 2.17. The van der Waals surface area contributed by atoms with Crippen LogP contribution in [0, 0.1) is 5.92 Å². The maximum absolute atomic E-state index is 12.0. The maximum atomic E-state index is 12.0. The average molecular weight is 316 g/mol. The Balaban J connectivity index is 1.76. The molecule has 0 aliphatic rings. The molecule has 3 N–H and O–H groups in total. The van der Waals surface area contributed by atoms with Gasteiger partial charge in [0.25, 0.3) is 0 Å². The van der Waals surface area contributed by atoms with Crippen LogP contribution in [-0.2, 0) is 11.2 Å². The van der Waals surface area contributed by atoms with E-state index in [-0.39, 0.29) is 5.91 Å². The molecule has 0 fully saturated rings. The van der Waals surface area contributed by atoms with E-state index in [4.69, 9.17) is 0 Å². The Hall–Kier alpha value is -1.81. The van der Waals surface area contributed by atoms with Crippen molar-refractivity contribution in [2.75, 3.05) is 6.54 Å². The highest BCUT2D eigenvalue weighted by atomic mass is 16.3. The van der Waals surface area contributed by atoms with Crippen LogP contribution in [0.25, 0.3) is 10.9 Å². The first-order valence-corrected chi connectivity index (χ1v) is 8.41. The van der Waals surface area contributed by atoms with E-state index in [0.717, 1.165) is 17.5 Å². The molecule has 4 nitrogen and oxygen atoms in total. The third-order valence-corrected chi connectivity index (χ3v) is 4.19. The Kier molecular flexibility index (Phi) is 5.83. The number of carbonyl (C=O) groups is 1. The predicted molar refractivity (Wildman–Crippen MR) is 94.3 cm³/mol. The van der Waals surface area contributed by atoms with Crippen LogP contribution in [0.1, 0.15) is 45.6 Å². The van der Waals surface area contributed by atoms with Gasteiger partial charge in [-0.15, -0.1) is 0 Å². The van der Waals surface area contributed by atoms with Crippen LogP contribution in [-0.4, -0.2) is 28.1 Å². The number of rotatable bonds is 8. The van der Waals surface area contributed by atoms with Crippen molar-refractivity contribution >= 4 is 16.8 Å². The molecular formula is C19H28N2O2. The minimum Gasteiger partial charge on any atom is -0.388 e. The second-order valence-electron chi connectivity index (χ2n) is 7.11. The van der Waals surface area contributed by atoms with Gasteiger partial charge in [0.05, 0.1) is 5.60 Å². The smallest absolute Gasteiger partial charge is 0.220 e. The lowest BCUT2D eigenvalue weighted by atomic mass is 9.95. The Morgan fingerprint density at radius 2 is 2.13 bits per heavy atom. The lowest BCUT2D eigenvalue weighted by Gasteiger charge is -2.24. The SMILES string of the molecule is CC(C)CCC(C)(O)CNC(=O)CCc1ccc2[nH]ccc2c1. The molecule has 23 heavy (non-hydrogen) atoms. The number of benzene rings is 1. The highest BCUT2D eigenvalue weighted by molar-refractivity contribution is 5.80. The topological polar surface area (TPSA) is 65.1 Å². The fourth-order valence-corrected chi connectivity index (χ4v) is 2.58. The molecule has 1 aromatic heterocycles. The summed E-state index contributed by atoms with van der Waals surface area (Å²) in [5.74, 6) is 0.546. The van der Waals surface area contributed by atoms with Crippen molar-refractivity contribution in [2.24, 2.45) is 5.92 Å². The number of hydrogen-bond acceptors (Lipinski definition) is 2. The Morgan fingerprint density at radius 3 is 2.87 bits per heavy atom. The van der Waals surface area contributed by atoms with Gasteiger partial charge in [-0.2, -0.15) is 0 Å². The zero-order valence-corrected chi connectivity index (χ0v) is 14.4. The highest BCUT2D eigenvalue weighted by Gasteiger charge is 2.21. The van der Waals surface area contributed by atoms with Gasteiger partial charge in [-0.05, 0) is 61.3 Å². The summed E-state index contributed by atoms with van der Waals surface area (Å²) in [5, 5.41) is 14.3. The van der Waals surface area contributed by atoms with Gasteiger partial charge in [0, 0.05) is 24.7 Å². The second kappa shape index (κ2) is 7.64. The van der Waals surface area contributed by atoms with Gasteiger partial charge in [-0.1, -0.05) is 19.9 Å². The van der Waals surface area contributed by atoms with Crippen molar-refractivity contribution < 1.29 is 9.90 Å². The van der Waals surface area contributed by atoms with E-state index in [9.17, 15) is 9.90 Å². The molecule has 0 radical (unpaired) electrons. The van der Waals surface area contributed by atoms with Crippen LogP contribution >= 0.6 is 0 Å². The normalized spacial score (nSPS) is 14.1. The van der Waals surface area contributed by atoms with Gasteiger partial charge < -0.3 is 15.4 Å². The van der Waals surface area contributed by atoms with Crippen molar-refractivity contribution in [3.8, 4) is 0 Å². The number of aromatic amines is 1. The molecular weight excluding hydrogens is 288 g/mol. The molecule has 1 heterocycles. The van der Waals surface area contributed by atoms with E-state index < -0.39 is 5.60 Å². The summed E-state index contributed by atoms with van der Waals surface area (Å²) in [7, 11) is 0. The predicted octanol–water partition coefficient (Wildman–Crippen LogP) is 3.40. The molecule has 4 heteroatoms. The molecule has 126 valence electrons. The molecule has 2 aromatic rings. The lowest BCUT2D eigenvalue weighted by Crippen LogP contribution is -2.40. The molecule has 0 saturated carbocycles. The van der Waals surface area contributed by atoms with Gasteiger partial charge >= 0.3 is 0 Å². The summed E-state index contributed by atoms with van der Waals surface area (Å²) in [5.41, 5.74) is 1.43. The Labute approximate surface area is 138 Å². The molecule has 1 atom stereocenters. The van der Waals surface area contributed by atoms with Crippen LogP contribution in [0.3, 0.4) is 0 Å². The fraction of sp³-hybridized carbons (Fsp3) is 0.526. The minimum atomic E-state index is -0.829. The van der Waals surface area contributed by atoms with E-state index in [2.05, 4.69) is 30.2 Å². The number of aromatic nitrogens is 1. The third-order valence-electron chi connectivity index (χ3n) is 4.19. The molecule has 0 spiro atoms. The molecule has 1 amide bonds. The van der Waals surface area contributed by atoms with E-state index >= 15 is 0 Å². The van der Waals surface area contributed by atoms with Gasteiger partial charge in [0.2, 0.25) is 5.91 Å². The first-order valence-electron chi connectivity index (χ1n) is 8.41. The number of carbonyl (C=O) groups excluding carboxylic acids is 1. The van der Waals surface area contributed by atoms with Crippen molar-refractivity contribution in [1.29, 1.82) is 0 Å². The second-order valence-corrected chi connectivity index (χ2v) is 7.11. The number of aliphatic hydroxyl groups is 1. The zero-order valence-electron chi connectivity index (χ0n) is 14.4. The first kappa shape index (κ1) is 17.5. The van der Waals surface area contributed by atoms with Gasteiger partial charge in [-0.3, -0.25) is 4.79 Å². The van der Waals surface area contributed by atoms with Crippen molar-refractivity contribution in [1.82, 2.24) is 10.3 Å². The summed E-state index contributed by atoms with van der Waals surface area (Å²) < 4.78 is 0. The average Bonchev–Trinajstić information content (AvgIpc) is 2.97. The number of nitrogens with one attached hydrogen (secondary N) is 2. The van der Waals surface area contributed by atoms with Gasteiger partial charge in [0.1, 0.15) is 0 Å². The van der Waals surface area contributed by atoms with Crippen molar-refractivity contribution in [2.45, 2.75) is 52.1 Å². The van der Waals surface area contributed by atoms with E-state index in [0.29, 0.717) is 31.7 Å². The summed E-state index contributed by atoms with van der Waals surface area (Å²) in [6, 6.07) is 8.23. The van der Waals surface area contributed by atoms with Crippen LogP contribution in [0.4, 0.5) is 0 Å². The van der Waals surface area contributed by atoms with Gasteiger partial charge in [0.15, 0.2) is 0 Å². The standard InChI is InChI=1S/C19H28N2O2/c1-14(2)8-10-19(3,23)13-21-18(22)7-5-15-4-6-17-16(12-15)9-11-20-17/h4,6,9,11-12,14,20,23H,5,7-8,10,13H2,1-3H3,(H,21,22).